The second kappa shape index (κ2) is 6.19. The first-order valence-electron chi connectivity index (χ1n) is 7.65. The summed E-state index contributed by atoms with van der Waals surface area (Å²) in [6.07, 6.45) is 8.46. The summed E-state index contributed by atoms with van der Waals surface area (Å²) in [6.45, 7) is 9.60. The molecule has 100 valence electrons. The van der Waals surface area contributed by atoms with Crippen LogP contribution >= 0.6 is 0 Å². The molecule has 1 saturated heterocycles. The number of nitrogens with zero attached hydrogens (tertiary/aromatic N) is 1. The fourth-order valence-electron chi connectivity index (χ4n) is 3.38. The van der Waals surface area contributed by atoms with Gasteiger partial charge in [0.15, 0.2) is 0 Å². The van der Waals surface area contributed by atoms with E-state index in [9.17, 15) is 0 Å². The summed E-state index contributed by atoms with van der Waals surface area (Å²) >= 11 is 0. The molecule has 1 N–H and O–H groups in total. The molecule has 1 aliphatic heterocycles. The first kappa shape index (κ1) is 13.4. The minimum Gasteiger partial charge on any atom is -0.310 e. The maximum Gasteiger partial charge on any atom is 0.0209 e. The minimum atomic E-state index is 0.718. The van der Waals surface area contributed by atoms with E-state index in [2.05, 4.69) is 31.0 Å². The predicted molar refractivity (Wildman–Crippen MR) is 74.3 cm³/mol. The lowest BCUT2D eigenvalue weighted by Gasteiger charge is -2.24. The Labute approximate surface area is 107 Å². The molecular weight excluding hydrogens is 208 g/mol. The maximum absolute atomic E-state index is 3.92. The Morgan fingerprint density at radius 3 is 2.53 bits per heavy atom. The number of rotatable bonds is 3. The molecule has 17 heavy (non-hydrogen) atoms. The average molecular weight is 238 g/mol. The molecule has 0 radical (unpaired) electrons. The van der Waals surface area contributed by atoms with E-state index >= 15 is 0 Å². The quantitative estimate of drug-likeness (QED) is 0.760. The highest BCUT2D eigenvalue weighted by atomic mass is 15.2. The van der Waals surface area contributed by atoms with Crippen LogP contribution in [0.1, 0.15) is 59.3 Å². The first-order chi connectivity index (χ1) is 8.15. The van der Waals surface area contributed by atoms with Gasteiger partial charge in [-0.15, -0.1) is 0 Å². The van der Waals surface area contributed by atoms with Crippen molar-refractivity contribution in [2.45, 2.75) is 77.4 Å². The van der Waals surface area contributed by atoms with Gasteiger partial charge in [0.25, 0.3) is 0 Å². The molecule has 0 bridgehead atoms. The minimum absolute atomic E-state index is 0.718. The monoisotopic (exact) mass is 238 g/mol. The van der Waals surface area contributed by atoms with E-state index in [0.717, 1.165) is 24.0 Å². The van der Waals surface area contributed by atoms with Crippen molar-refractivity contribution in [2.75, 3.05) is 13.1 Å². The zero-order valence-corrected chi connectivity index (χ0v) is 11.9. The second-order valence-electron chi connectivity index (χ2n) is 6.55. The zero-order valence-electron chi connectivity index (χ0n) is 11.9. The summed E-state index contributed by atoms with van der Waals surface area (Å²) < 4.78 is 0. The Hall–Kier alpha value is -0.0800. The molecule has 0 aromatic heterocycles. The Bertz CT molecular complexity index is 227. The van der Waals surface area contributed by atoms with Crippen LogP contribution in [0.25, 0.3) is 0 Å². The highest BCUT2D eigenvalue weighted by Crippen LogP contribution is 2.24. The van der Waals surface area contributed by atoms with Gasteiger partial charge in [-0.25, -0.2) is 0 Å². The van der Waals surface area contributed by atoms with Gasteiger partial charge < -0.3 is 5.32 Å². The highest BCUT2D eigenvalue weighted by molar-refractivity contribution is 4.86. The standard InChI is InChI=1S/C15H30N2/c1-12(2)17-10-9-15(11-17)16-14-6-4-5-13(3)7-8-14/h12-16H,4-11H2,1-3H3. The molecule has 0 spiro atoms. The van der Waals surface area contributed by atoms with E-state index in [1.807, 2.05) is 0 Å². The molecule has 2 heteroatoms. The van der Waals surface area contributed by atoms with Gasteiger partial charge in [0.2, 0.25) is 0 Å². The number of likely N-dealkylation sites (tertiary alicyclic amines) is 1. The van der Waals surface area contributed by atoms with Crippen molar-refractivity contribution in [1.29, 1.82) is 0 Å². The molecule has 3 unspecified atom stereocenters. The molecule has 0 aromatic carbocycles. The summed E-state index contributed by atoms with van der Waals surface area (Å²) in [5, 5.41) is 3.92. The third-order valence-corrected chi connectivity index (χ3v) is 4.68. The molecular formula is C15H30N2. The SMILES string of the molecule is CC1CCCC(NC2CCN(C(C)C)C2)CC1. The zero-order chi connectivity index (χ0) is 12.3. The second-order valence-corrected chi connectivity index (χ2v) is 6.55. The van der Waals surface area contributed by atoms with Crippen LogP contribution in [0.3, 0.4) is 0 Å². The van der Waals surface area contributed by atoms with Crippen molar-refractivity contribution in [2.24, 2.45) is 5.92 Å². The Morgan fingerprint density at radius 2 is 1.82 bits per heavy atom. The van der Waals surface area contributed by atoms with Crippen LogP contribution in [0, 0.1) is 5.92 Å². The van der Waals surface area contributed by atoms with Gasteiger partial charge in [0, 0.05) is 24.7 Å². The Balaban J connectivity index is 1.74. The van der Waals surface area contributed by atoms with Crippen LogP contribution < -0.4 is 5.32 Å². The predicted octanol–water partition coefficient (Wildman–Crippen LogP) is 3.03. The van der Waals surface area contributed by atoms with Gasteiger partial charge in [0.1, 0.15) is 0 Å². The molecule has 2 aliphatic rings. The van der Waals surface area contributed by atoms with Crippen molar-refractivity contribution in [1.82, 2.24) is 10.2 Å². The topological polar surface area (TPSA) is 15.3 Å². The summed E-state index contributed by atoms with van der Waals surface area (Å²) in [5.74, 6) is 0.956. The normalized spacial score (nSPS) is 36.4. The molecule has 2 nitrogen and oxygen atoms in total. The fraction of sp³-hybridized carbons (Fsp3) is 1.00. The van der Waals surface area contributed by atoms with Crippen LogP contribution in [0.5, 0.6) is 0 Å². The molecule has 1 heterocycles. The van der Waals surface area contributed by atoms with Crippen molar-refractivity contribution >= 4 is 0 Å². The summed E-state index contributed by atoms with van der Waals surface area (Å²) in [5.41, 5.74) is 0. The van der Waals surface area contributed by atoms with E-state index in [1.54, 1.807) is 0 Å². The van der Waals surface area contributed by atoms with Crippen molar-refractivity contribution < 1.29 is 0 Å². The molecule has 2 fully saturated rings. The molecule has 1 saturated carbocycles. The van der Waals surface area contributed by atoms with E-state index < -0.39 is 0 Å². The van der Waals surface area contributed by atoms with Gasteiger partial charge in [-0.3, -0.25) is 4.90 Å². The number of hydrogen-bond acceptors (Lipinski definition) is 2. The third kappa shape index (κ3) is 3.96. The number of hydrogen-bond donors (Lipinski definition) is 1. The van der Waals surface area contributed by atoms with Gasteiger partial charge in [-0.05, 0) is 52.0 Å². The van der Waals surface area contributed by atoms with E-state index in [1.165, 1.54) is 51.6 Å². The molecule has 0 aromatic rings. The molecule has 0 amide bonds. The van der Waals surface area contributed by atoms with Gasteiger partial charge >= 0.3 is 0 Å². The van der Waals surface area contributed by atoms with E-state index in [4.69, 9.17) is 0 Å². The third-order valence-electron chi connectivity index (χ3n) is 4.68. The van der Waals surface area contributed by atoms with Gasteiger partial charge in [-0.1, -0.05) is 19.8 Å². The van der Waals surface area contributed by atoms with Crippen LogP contribution in [0.2, 0.25) is 0 Å². The Morgan fingerprint density at radius 1 is 1.00 bits per heavy atom. The van der Waals surface area contributed by atoms with E-state index in [0.29, 0.717) is 0 Å². The summed E-state index contributed by atoms with van der Waals surface area (Å²) in [6, 6.07) is 2.28. The van der Waals surface area contributed by atoms with Crippen molar-refractivity contribution in [3.05, 3.63) is 0 Å². The fourth-order valence-corrected chi connectivity index (χ4v) is 3.38. The van der Waals surface area contributed by atoms with Crippen LogP contribution in [-0.4, -0.2) is 36.1 Å². The molecule has 3 atom stereocenters. The van der Waals surface area contributed by atoms with E-state index in [-0.39, 0.29) is 0 Å². The lowest BCUT2D eigenvalue weighted by molar-refractivity contribution is 0.263. The first-order valence-corrected chi connectivity index (χ1v) is 7.65. The highest BCUT2D eigenvalue weighted by Gasteiger charge is 2.26. The van der Waals surface area contributed by atoms with Crippen LogP contribution in [0.4, 0.5) is 0 Å². The van der Waals surface area contributed by atoms with Crippen LogP contribution in [-0.2, 0) is 0 Å². The Kier molecular flexibility index (Phi) is 4.87. The average Bonchev–Trinajstić information content (AvgIpc) is 2.65. The van der Waals surface area contributed by atoms with Gasteiger partial charge in [-0.2, -0.15) is 0 Å². The van der Waals surface area contributed by atoms with Crippen LogP contribution in [0.15, 0.2) is 0 Å². The lowest BCUT2D eigenvalue weighted by Crippen LogP contribution is -2.40. The van der Waals surface area contributed by atoms with Crippen molar-refractivity contribution in [3.8, 4) is 0 Å². The summed E-state index contributed by atoms with van der Waals surface area (Å²) in [4.78, 5) is 2.61. The lowest BCUT2D eigenvalue weighted by atomic mass is 10.0. The molecule has 1 aliphatic carbocycles. The number of nitrogens with one attached hydrogen (secondary N) is 1. The largest absolute Gasteiger partial charge is 0.310 e. The maximum atomic E-state index is 3.92. The van der Waals surface area contributed by atoms with Crippen molar-refractivity contribution in [3.63, 3.8) is 0 Å². The summed E-state index contributed by atoms with van der Waals surface area (Å²) in [7, 11) is 0. The van der Waals surface area contributed by atoms with Gasteiger partial charge in [0.05, 0.1) is 0 Å². The molecule has 2 rings (SSSR count). The smallest absolute Gasteiger partial charge is 0.0209 e.